The molecule has 0 aliphatic rings. The van der Waals surface area contributed by atoms with Crippen LogP contribution in [0.25, 0.3) is 0 Å². The Hall–Kier alpha value is -1.00. The third kappa shape index (κ3) is 3.87. The van der Waals surface area contributed by atoms with Gasteiger partial charge in [-0.3, -0.25) is 9.59 Å². The molecule has 0 saturated heterocycles. The second-order valence-electron chi connectivity index (χ2n) is 2.89. The van der Waals surface area contributed by atoms with E-state index in [1.54, 1.807) is 25.1 Å². The third-order valence-corrected chi connectivity index (χ3v) is 3.05. The Balaban J connectivity index is 2.66. The van der Waals surface area contributed by atoms with Crippen molar-refractivity contribution < 1.29 is 14.3 Å². The molecule has 0 aliphatic carbocycles. The van der Waals surface area contributed by atoms with Gasteiger partial charge in [0.25, 0.3) is 0 Å². The van der Waals surface area contributed by atoms with Crippen LogP contribution >= 0.6 is 23.4 Å². The molecule has 86 valence electrons. The number of aldehydes is 1. The van der Waals surface area contributed by atoms with Gasteiger partial charge >= 0.3 is 5.97 Å². The number of halogens is 1. The summed E-state index contributed by atoms with van der Waals surface area (Å²) < 4.78 is 4.79. The minimum Gasteiger partial charge on any atom is -0.465 e. The number of rotatable bonds is 5. The van der Waals surface area contributed by atoms with Crippen molar-refractivity contribution in [2.45, 2.75) is 11.8 Å². The smallest absolute Gasteiger partial charge is 0.316 e. The molecular formula is C11H11ClO3S. The van der Waals surface area contributed by atoms with Crippen molar-refractivity contribution >= 4 is 35.6 Å². The summed E-state index contributed by atoms with van der Waals surface area (Å²) in [5, 5.41) is 0.502. The van der Waals surface area contributed by atoms with Gasteiger partial charge in [0, 0.05) is 15.5 Å². The van der Waals surface area contributed by atoms with Gasteiger partial charge in [0.05, 0.1) is 12.4 Å². The number of ether oxygens (including phenoxy) is 1. The Labute approximate surface area is 103 Å². The Bertz CT molecular complexity index is 393. The van der Waals surface area contributed by atoms with Crippen LogP contribution in [-0.4, -0.2) is 24.6 Å². The summed E-state index contributed by atoms with van der Waals surface area (Å²) in [6, 6.07) is 4.97. The average Bonchev–Trinajstić information content (AvgIpc) is 2.27. The van der Waals surface area contributed by atoms with Gasteiger partial charge in [0.1, 0.15) is 0 Å². The van der Waals surface area contributed by atoms with Gasteiger partial charge in [0.15, 0.2) is 6.29 Å². The van der Waals surface area contributed by atoms with Gasteiger partial charge in [-0.2, -0.15) is 0 Å². The molecule has 0 fully saturated rings. The van der Waals surface area contributed by atoms with Gasteiger partial charge in [-0.15, -0.1) is 11.8 Å². The van der Waals surface area contributed by atoms with Crippen molar-refractivity contribution in [1.82, 2.24) is 0 Å². The number of benzene rings is 1. The maximum absolute atomic E-state index is 11.1. The van der Waals surface area contributed by atoms with Gasteiger partial charge in [0.2, 0.25) is 0 Å². The molecule has 16 heavy (non-hydrogen) atoms. The number of hydrogen-bond acceptors (Lipinski definition) is 4. The Morgan fingerprint density at radius 3 is 2.94 bits per heavy atom. The van der Waals surface area contributed by atoms with E-state index in [4.69, 9.17) is 16.3 Å². The first-order chi connectivity index (χ1) is 7.67. The first-order valence-corrected chi connectivity index (χ1v) is 6.07. The predicted octanol–water partition coefficient (Wildman–Crippen LogP) is 2.81. The van der Waals surface area contributed by atoms with Crippen molar-refractivity contribution in [1.29, 1.82) is 0 Å². The van der Waals surface area contributed by atoms with Crippen LogP contribution in [0.3, 0.4) is 0 Å². The summed E-state index contributed by atoms with van der Waals surface area (Å²) in [7, 11) is 0. The van der Waals surface area contributed by atoms with Crippen molar-refractivity contribution in [2.75, 3.05) is 12.4 Å². The Morgan fingerprint density at radius 1 is 1.56 bits per heavy atom. The first-order valence-electron chi connectivity index (χ1n) is 4.70. The lowest BCUT2D eigenvalue weighted by atomic mass is 10.2. The number of thioether (sulfide) groups is 1. The summed E-state index contributed by atoms with van der Waals surface area (Å²) in [6.45, 7) is 2.11. The van der Waals surface area contributed by atoms with Crippen molar-refractivity contribution in [3.05, 3.63) is 28.8 Å². The lowest BCUT2D eigenvalue weighted by Gasteiger charge is -2.04. The fraction of sp³-hybridized carbons (Fsp3) is 0.273. The van der Waals surface area contributed by atoms with E-state index in [9.17, 15) is 9.59 Å². The molecule has 3 nitrogen and oxygen atoms in total. The van der Waals surface area contributed by atoms with Crippen molar-refractivity contribution in [3.63, 3.8) is 0 Å². The molecule has 0 heterocycles. The Kier molecular flexibility index (Phi) is 5.35. The van der Waals surface area contributed by atoms with E-state index < -0.39 is 0 Å². The topological polar surface area (TPSA) is 43.4 Å². The monoisotopic (exact) mass is 258 g/mol. The van der Waals surface area contributed by atoms with E-state index >= 15 is 0 Å². The van der Waals surface area contributed by atoms with Gasteiger partial charge in [-0.1, -0.05) is 11.6 Å². The van der Waals surface area contributed by atoms with Crippen LogP contribution in [0.15, 0.2) is 23.1 Å². The highest BCUT2D eigenvalue weighted by Crippen LogP contribution is 2.24. The molecule has 0 N–H and O–H groups in total. The van der Waals surface area contributed by atoms with Crippen LogP contribution in [0, 0.1) is 0 Å². The summed E-state index contributed by atoms with van der Waals surface area (Å²) in [4.78, 5) is 22.6. The van der Waals surface area contributed by atoms with Crippen LogP contribution in [0.4, 0.5) is 0 Å². The summed E-state index contributed by atoms with van der Waals surface area (Å²) >= 11 is 7.01. The molecule has 0 atom stereocenters. The number of carbonyl (C=O) groups excluding carboxylic acids is 2. The maximum atomic E-state index is 11.1. The quantitative estimate of drug-likeness (QED) is 0.463. The van der Waals surface area contributed by atoms with Crippen LogP contribution < -0.4 is 0 Å². The predicted molar refractivity (Wildman–Crippen MR) is 64.2 cm³/mol. The number of carbonyl (C=O) groups is 2. The highest BCUT2D eigenvalue weighted by molar-refractivity contribution is 8.00. The molecule has 0 spiro atoms. The summed E-state index contributed by atoms with van der Waals surface area (Å²) in [5.41, 5.74) is 0.488. The number of esters is 1. The first kappa shape index (κ1) is 13.1. The lowest BCUT2D eigenvalue weighted by Crippen LogP contribution is -2.06. The summed E-state index contributed by atoms with van der Waals surface area (Å²) in [6.07, 6.45) is 0.722. The third-order valence-electron chi connectivity index (χ3n) is 1.75. The Morgan fingerprint density at radius 2 is 2.31 bits per heavy atom. The maximum Gasteiger partial charge on any atom is 0.316 e. The minimum atomic E-state index is -0.292. The molecule has 0 unspecified atom stereocenters. The zero-order valence-electron chi connectivity index (χ0n) is 8.73. The SMILES string of the molecule is CCOC(=O)CSc1ccc(Cl)cc1C=O. The normalized spacial score (nSPS) is 9.88. The second-order valence-corrected chi connectivity index (χ2v) is 4.35. The minimum absolute atomic E-state index is 0.191. The van der Waals surface area contributed by atoms with Crippen LogP contribution in [-0.2, 0) is 9.53 Å². The largest absolute Gasteiger partial charge is 0.465 e. The fourth-order valence-corrected chi connectivity index (χ4v) is 2.06. The number of hydrogen-bond donors (Lipinski definition) is 0. The zero-order valence-corrected chi connectivity index (χ0v) is 10.3. The molecular weight excluding hydrogens is 248 g/mol. The highest BCUT2D eigenvalue weighted by atomic mass is 35.5. The van der Waals surface area contributed by atoms with E-state index in [1.807, 2.05) is 0 Å². The van der Waals surface area contributed by atoms with Crippen LogP contribution in [0.1, 0.15) is 17.3 Å². The molecule has 5 heteroatoms. The van der Waals surface area contributed by atoms with E-state index in [-0.39, 0.29) is 11.7 Å². The molecule has 0 aromatic heterocycles. The van der Waals surface area contributed by atoms with Gasteiger partial charge in [-0.05, 0) is 25.1 Å². The van der Waals surface area contributed by atoms with Crippen LogP contribution in [0.2, 0.25) is 5.02 Å². The van der Waals surface area contributed by atoms with E-state index in [0.717, 1.165) is 11.2 Å². The van der Waals surface area contributed by atoms with Crippen molar-refractivity contribution in [3.8, 4) is 0 Å². The molecule has 1 rings (SSSR count). The van der Waals surface area contributed by atoms with E-state index in [1.165, 1.54) is 11.8 Å². The molecule has 0 amide bonds. The van der Waals surface area contributed by atoms with Crippen molar-refractivity contribution in [2.24, 2.45) is 0 Å². The molecule has 1 aromatic rings. The molecule has 0 aliphatic heterocycles. The standard InChI is InChI=1S/C11H11ClO3S/c1-2-15-11(14)7-16-10-4-3-9(12)5-8(10)6-13/h3-6H,2,7H2,1H3. The van der Waals surface area contributed by atoms with E-state index in [0.29, 0.717) is 17.2 Å². The second kappa shape index (κ2) is 6.55. The molecule has 0 radical (unpaired) electrons. The zero-order chi connectivity index (χ0) is 12.0. The van der Waals surface area contributed by atoms with Gasteiger partial charge < -0.3 is 4.74 Å². The summed E-state index contributed by atoms with van der Waals surface area (Å²) in [5.74, 6) is -0.102. The van der Waals surface area contributed by atoms with Crippen LogP contribution in [0.5, 0.6) is 0 Å². The lowest BCUT2D eigenvalue weighted by molar-refractivity contribution is -0.139. The molecule has 0 bridgehead atoms. The highest BCUT2D eigenvalue weighted by Gasteiger charge is 2.07. The van der Waals surface area contributed by atoms with Gasteiger partial charge in [-0.25, -0.2) is 0 Å². The van der Waals surface area contributed by atoms with E-state index in [2.05, 4.69) is 0 Å². The molecule has 0 saturated carbocycles. The average molecular weight is 259 g/mol. The molecule has 1 aromatic carbocycles. The fourth-order valence-electron chi connectivity index (χ4n) is 1.08.